The van der Waals surface area contributed by atoms with Crippen LogP contribution in [0.1, 0.15) is 68.0 Å². The molecule has 12 heteroatoms. The highest BCUT2D eigenvalue weighted by molar-refractivity contribution is 8.00. The first kappa shape index (κ1) is 31.8. The number of pyridine rings is 1. The number of benzene rings is 1. The van der Waals surface area contributed by atoms with E-state index in [1.165, 1.54) is 11.8 Å². The van der Waals surface area contributed by atoms with E-state index in [1.54, 1.807) is 20.8 Å². The molecule has 0 bridgehead atoms. The number of nitrogens with zero attached hydrogens (tertiary/aromatic N) is 4. The number of hydrogen-bond acceptors (Lipinski definition) is 10. The van der Waals surface area contributed by atoms with E-state index in [4.69, 9.17) is 14.5 Å². The van der Waals surface area contributed by atoms with Crippen LogP contribution in [0.2, 0.25) is 0 Å². The molecule has 2 aromatic rings. The molecule has 2 aliphatic heterocycles. The summed E-state index contributed by atoms with van der Waals surface area (Å²) in [4.78, 5) is 44.4. The number of aldehydes is 1. The monoisotopic (exact) mass is 604 g/mol. The molecule has 0 saturated carbocycles. The quantitative estimate of drug-likeness (QED) is 0.319. The minimum Gasteiger partial charge on any atom is -0.444 e. The first-order chi connectivity index (χ1) is 20.5. The predicted molar refractivity (Wildman–Crippen MR) is 160 cm³/mol. The third-order valence-electron chi connectivity index (χ3n) is 7.32. The number of aromatic nitrogens is 1. The molecule has 1 aromatic heterocycles. The topological polar surface area (TPSA) is 157 Å². The highest BCUT2D eigenvalue weighted by Crippen LogP contribution is 2.39. The van der Waals surface area contributed by atoms with Gasteiger partial charge in [0.05, 0.1) is 29.6 Å². The van der Waals surface area contributed by atoms with Crippen LogP contribution >= 0.6 is 11.8 Å². The second-order valence-corrected chi connectivity index (χ2v) is 12.7. The van der Waals surface area contributed by atoms with Gasteiger partial charge in [-0.3, -0.25) is 4.79 Å². The van der Waals surface area contributed by atoms with Crippen molar-refractivity contribution in [1.29, 1.82) is 10.5 Å². The van der Waals surface area contributed by atoms with Crippen LogP contribution in [-0.2, 0) is 25.5 Å². The van der Waals surface area contributed by atoms with Gasteiger partial charge in [0.25, 0.3) is 5.91 Å². The summed E-state index contributed by atoms with van der Waals surface area (Å²) in [5.41, 5.74) is 0.170. The largest absolute Gasteiger partial charge is 0.444 e. The van der Waals surface area contributed by atoms with Gasteiger partial charge in [-0.2, -0.15) is 10.5 Å². The number of anilines is 1. The molecule has 0 aliphatic carbocycles. The number of hydrogen-bond donors (Lipinski definition) is 2. The van der Waals surface area contributed by atoms with E-state index < -0.39 is 22.5 Å². The Morgan fingerprint density at radius 3 is 2.35 bits per heavy atom. The zero-order valence-corrected chi connectivity index (χ0v) is 25.6. The summed E-state index contributed by atoms with van der Waals surface area (Å²) >= 11 is 1.20. The van der Waals surface area contributed by atoms with Crippen LogP contribution in [0, 0.1) is 22.7 Å². The normalized spacial score (nSPS) is 17.0. The standard InChI is InChI=1S/C31H36N6O5S/c1-5-22-23(15-32)26(35-27(24(22)16-33)43-25(17-38)20-9-7-6-8-10-20)37-13-11-21(12-14-37)34-28(39)31(18-41-19-31)36-29(40)42-30(2,3)4/h6-10,17,21,25H,5,11-14,18-19H2,1-4H3,(H,34,39)(H,36,40). The fraction of sp³-hybridized carbons (Fsp3) is 0.484. The van der Waals surface area contributed by atoms with E-state index in [2.05, 4.69) is 22.8 Å². The SMILES string of the molecule is CCc1c(C#N)c(SC(C=O)c2ccccc2)nc(N2CCC(NC(=O)C3(NC(=O)OC(C)(C)C)COC3)CC2)c1C#N. The lowest BCUT2D eigenvalue weighted by molar-refractivity contribution is -0.148. The summed E-state index contributed by atoms with van der Waals surface area (Å²) in [7, 11) is 0. The Morgan fingerprint density at radius 1 is 1.19 bits per heavy atom. The minimum atomic E-state index is -1.18. The molecule has 43 heavy (non-hydrogen) atoms. The maximum Gasteiger partial charge on any atom is 0.408 e. The van der Waals surface area contributed by atoms with Crippen molar-refractivity contribution in [3.05, 3.63) is 52.6 Å². The van der Waals surface area contributed by atoms with Gasteiger partial charge in [0.15, 0.2) is 5.54 Å². The van der Waals surface area contributed by atoms with Crippen LogP contribution < -0.4 is 15.5 Å². The Kier molecular flexibility index (Phi) is 9.95. The lowest BCUT2D eigenvalue weighted by atomic mass is 9.94. The summed E-state index contributed by atoms with van der Waals surface area (Å²) in [5.74, 6) is 0.142. The van der Waals surface area contributed by atoms with E-state index >= 15 is 0 Å². The fourth-order valence-corrected chi connectivity index (χ4v) is 6.07. The van der Waals surface area contributed by atoms with Gasteiger partial charge in [-0.1, -0.05) is 49.0 Å². The third kappa shape index (κ3) is 7.27. The van der Waals surface area contributed by atoms with Gasteiger partial charge in [-0.05, 0) is 51.2 Å². The van der Waals surface area contributed by atoms with Crippen molar-refractivity contribution >= 4 is 35.9 Å². The second-order valence-electron chi connectivity index (χ2n) is 11.6. The van der Waals surface area contributed by atoms with Crippen molar-refractivity contribution in [2.24, 2.45) is 0 Å². The van der Waals surface area contributed by atoms with Gasteiger partial charge in [-0.15, -0.1) is 0 Å². The summed E-state index contributed by atoms with van der Waals surface area (Å²) in [6.07, 6.45) is 1.76. The molecule has 1 unspecified atom stereocenters. The Balaban J connectivity index is 1.50. The highest BCUT2D eigenvalue weighted by atomic mass is 32.2. The molecule has 2 fully saturated rings. The molecule has 2 aliphatic rings. The third-order valence-corrected chi connectivity index (χ3v) is 8.47. The Bertz CT molecular complexity index is 1430. The van der Waals surface area contributed by atoms with Gasteiger partial charge in [0.1, 0.15) is 34.9 Å². The molecular weight excluding hydrogens is 568 g/mol. The number of amides is 2. The zero-order valence-electron chi connectivity index (χ0n) is 24.8. The summed E-state index contributed by atoms with van der Waals surface area (Å²) in [6.45, 7) is 8.26. The Morgan fingerprint density at radius 2 is 1.84 bits per heavy atom. The van der Waals surface area contributed by atoms with Gasteiger partial charge in [0, 0.05) is 19.1 Å². The van der Waals surface area contributed by atoms with E-state index in [9.17, 15) is 24.9 Å². The number of rotatable bonds is 9. The molecule has 0 spiro atoms. The number of alkyl carbamates (subject to hydrolysis) is 1. The maximum atomic E-state index is 13.2. The number of carbonyl (C=O) groups excluding carboxylic acids is 3. The summed E-state index contributed by atoms with van der Waals surface area (Å²) in [6, 6.07) is 13.6. The van der Waals surface area contributed by atoms with E-state index in [-0.39, 0.29) is 25.2 Å². The second kappa shape index (κ2) is 13.4. The number of thioether (sulfide) groups is 1. The first-order valence-corrected chi connectivity index (χ1v) is 15.1. The number of piperidine rings is 1. The number of nitrogens with one attached hydrogen (secondary N) is 2. The minimum absolute atomic E-state index is 0.0581. The molecule has 1 aromatic carbocycles. The smallest absolute Gasteiger partial charge is 0.408 e. The van der Waals surface area contributed by atoms with Crippen molar-refractivity contribution in [3.8, 4) is 12.1 Å². The average molecular weight is 605 g/mol. The fourth-order valence-electron chi connectivity index (χ4n) is 5.06. The van der Waals surface area contributed by atoms with Crippen LogP contribution in [0.3, 0.4) is 0 Å². The molecule has 2 saturated heterocycles. The lowest BCUT2D eigenvalue weighted by Crippen LogP contribution is -2.71. The summed E-state index contributed by atoms with van der Waals surface area (Å²) < 4.78 is 10.6. The number of nitriles is 2. The van der Waals surface area contributed by atoms with Crippen molar-refractivity contribution in [1.82, 2.24) is 15.6 Å². The van der Waals surface area contributed by atoms with Crippen molar-refractivity contribution in [2.75, 3.05) is 31.2 Å². The highest BCUT2D eigenvalue weighted by Gasteiger charge is 2.49. The number of carbonyl (C=O) groups is 3. The molecule has 2 amide bonds. The van der Waals surface area contributed by atoms with E-state index in [1.807, 2.05) is 42.2 Å². The van der Waals surface area contributed by atoms with Gasteiger partial charge in [0.2, 0.25) is 0 Å². The lowest BCUT2D eigenvalue weighted by Gasteiger charge is -2.42. The Labute approximate surface area is 255 Å². The van der Waals surface area contributed by atoms with E-state index in [0.717, 1.165) is 11.8 Å². The molecule has 226 valence electrons. The number of ether oxygens (including phenoxy) is 2. The van der Waals surface area contributed by atoms with Crippen LogP contribution in [0.5, 0.6) is 0 Å². The zero-order chi connectivity index (χ0) is 31.2. The van der Waals surface area contributed by atoms with Crippen LogP contribution in [0.15, 0.2) is 35.4 Å². The predicted octanol–water partition coefficient (Wildman–Crippen LogP) is 3.80. The van der Waals surface area contributed by atoms with Gasteiger partial charge >= 0.3 is 6.09 Å². The summed E-state index contributed by atoms with van der Waals surface area (Å²) in [5, 5.41) is 25.7. The van der Waals surface area contributed by atoms with Crippen molar-refractivity contribution in [2.45, 2.75) is 74.4 Å². The molecular formula is C31H36N6O5S. The van der Waals surface area contributed by atoms with Crippen molar-refractivity contribution in [3.63, 3.8) is 0 Å². The van der Waals surface area contributed by atoms with Crippen LogP contribution in [0.25, 0.3) is 0 Å². The van der Waals surface area contributed by atoms with Crippen LogP contribution in [-0.4, -0.2) is 66.8 Å². The molecule has 3 heterocycles. The average Bonchev–Trinajstić information content (AvgIpc) is 2.96. The molecule has 0 radical (unpaired) electrons. The van der Waals surface area contributed by atoms with Gasteiger partial charge < -0.3 is 29.8 Å². The van der Waals surface area contributed by atoms with Gasteiger partial charge in [-0.25, -0.2) is 9.78 Å². The first-order valence-electron chi connectivity index (χ1n) is 14.2. The van der Waals surface area contributed by atoms with Crippen LogP contribution in [0.4, 0.5) is 10.6 Å². The van der Waals surface area contributed by atoms with E-state index in [0.29, 0.717) is 59.9 Å². The van der Waals surface area contributed by atoms with Crippen molar-refractivity contribution < 1.29 is 23.9 Å². The molecule has 11 nitrogen and oxygen atoms in total. The molecule has 1 atom stereocenters. The molecule has 4 rings (SSSR count). The molecule has 2 N–H and O–H groups in total. The maximum absolute atomic E-state index is 13.2. The Hall–Kier alpha value is -4.13.